The smallest absolute Gasteiger partial charge is 0.368 e. The molecule has 0 aromatic rings. The number of Topliss-reactive ketones (excluding diaryl/α,β-unsaturated/α-hetero) is 2. The van der Waals surface area contributed by atoms with Crippen LogP contribution >= 0.6 is 0 Å². The second kappa shape index (κ2) is 5.90. The van der Waals surface area contributed by atoms with E-state index in [1.165, 1.54) is 0 Å². The van der Waals surface area contributed by atoms with Crippen molar-refractivity contribution >= 4 is 35.0 Å². The number of rotatable bonds is 4. The van der Waals surface area contributed by atoms with Crippen LogP contribution in [0.1, 0.15) is 40.0 Å². The van der Waals surface area contributed by atoms with Crippen LogP contribution in [0.3, 0.4) is 0 Å². The van der Waals surface area contributed by atoms with E-state index in [2.05, 4.69) is 9.98 Å². The maximum absolute atomic E-state index is 12.2. The van der Waals surface area contributed by atoms with Crippen molar-refractivity contribution in [1.29, 1.82) is 0 Å². The summed E-state index contributed by atoms with van der Waals surface area (Å²) in [6.45, 7) is 5.49. The van der Waals surface area contributed by atoms with Crippen LogP contribution in [0.4, 0.5) is 4.79 Å². The lowest BCUT2D eigenvalue weighted by atomic mass is 9.70. The second-order valence-electron chi connectivity index (χ2n) is 6.23. The van der Waals surface area contributed by atoms with E-state index in [-0.39, 0.29) is 54.3 Å². The van der Waals surface area contributed by atoms with Crippen LogP contribution in [0.5, 0.6) is 0 Å². The highest BCUT2D eigenvalue weighted by molar-refractivity contribution is 6.69. The standard InChI is InChI=1S/C15H18N2O5/c1-4-22-13(20)12-9(16-14(21)17-12)5-8-10(18)6-15(2,3)7-11(8)19/h8H,4-7H2,1-3H3. The fourth-order valence-corrected chi connectivity index (χ4v) is 2.71. The zero-order chi connectivity index (χ0) is 16.5. The van der Waals surface area contributed by atoms with Gasteiger partial charge in [0, 0.05) is 19.3 Å². The number of hydrogen-bond acceptors (Lipinski definition) is 5. The van der Waals surface area contributed by atoms with Crippen LogP contribution in [-0.2, 0) is 19.1 Å². The van der Waals surface area contributed by atoms with Crippen molar-refractivity contribution in [3.8, 4) is 0 Å². The van der Waals surface area contributed by atoms with E-state index in [0.29, 0.717) is 0 Å². The van der Waals surface area contributed by atoms with Crippen molar-refractivity contribution < 1.29 is 23.9 Å². The lowest BCUT2D eigenvalue weighted by molar-refractivity contribution is -0.139. The quantitative estimate of drug-likeness (QED) is 0.579. The van der Waals surface area contributed by atoms with Gasteiger partial charge in [0.25, 0.3) is 0 Å². The summed E-state index contributed by atoms with van der Waals surface area (Å²) in [5, 5.41) is 0. The molecule has 2 aliphatic rings. The molecule has 1 aliphatic carbocycles. The molecule has 7 heteroatoms. The van der Waals surface area contributed by atoms with E-state index < -0.39 is 17.9 Å². The number of nitrogens with zero attached hydrogens (tertiary/aromatic N) is 2. The molecular weight excluding hydrogens is 288 g/mol. The first-order chi connectivity index (χ1) is 10.2. The van der Waals surface area contributed by atoms with E-state index >= 15 is 0 Å². The Balaban J connectivity index is 2.16. The van der Waals surface area contributed by atoms with E-state index in [1.807, 2.05) is 13.8 Å². The molecule has 0 atom stereocenters. The summed E-state index contributed by atoms with van der Waals surface area (Å²) >= 11 is 0. The molecule has 1 heterocycles. The Kier molecular flexibility index (Phi) is 4.35. The molecule has 0 N–H and O–H groups in total. The zero-order valence-electron chi connectivity index (χ0n) is 12.8. The van der Waals surface area contributed by atoms with Gasteiger partial charge < -0.3 is 4.74 Å². The number of carbonyl (C=O) groups is 4. The Morgan fingerprint density at radius 1 is 1.18 bits per heavy atom. The van der Waals surface area contributed by atoms with Crippen LogP contribution in [0.2, 0.25) is 0 Å². The van der Waals surface area contributed by atoms with E-state index in [0.717, 1.165) is 0 Å². The van der Waals surface area contributed by atoms with Crippen LogP contribution in [-0.4, -0.2) is 41.6 Å². The third-order valence-electron chi connectivity index (χ3n) is 3.66. The number of hydrogen-bond donors (Lipinski definition) is 0. The SMILES string of the molecule is CCOC(=O)C1=NC(=O)N=C1CC1C(=O)CC(C)(C)CC1=O. The molecule has 22 heavy (non-hydrogen) atoms. The molecule has 118 valence electrons. The molecule has 0 bridgehead atoms. The summed E-state index contributed by atoms with van der Waals surface area (Å²) in [4.78, 5) is 54.6. The molecule has 2 rings (SSSR count). The minimum atomic E-state index is -0.864. The Hall–Kier alpha value is -2.18. The van der Waals surface area contributed by atoms with Crippen molar-refractivity contribution in [3.63, 3.8) is 0 Å². The lowest BCUT2D eigenvalue weighted by Gasteiger charge is -2.31. The first kappa shape index (κ1) is 16.2. The maximum atomic E-state index is 12.2. The average molecular weight is 306 g/mol. The number of esters is 1. The second-order valence-corrected chi connectivity index (χ2v) is 6.23. The van der Waals surface area contributed by atoms with E-state index in [9.17, 15) is 19.2 Å². The molecule has 7 nitrogen and oxygen atoms in total. The zero-order valence-corrected chi connectivity index (χ0v) is 12.8. The highest BCUT2D eigenvalue weighted by atomic mass is 16.5. The fraction of sp³-hybridized carbons (Fsp3) is 0.600. The largest absolute Gasteiger partial charge is 0.461 e. The van der Waals surface area contributed by atoms with Gasteiger partial charge >= 0.3 is 12.0 Å². The van der Waals surface area contributed by atoms with E-state index in [4.69, 9.17) is 4.74 Å². The molecule has 0 aromatic heterocycles. The summed E-state index contributed by atoms with van der Waals surface area (Å²) in [6, 6.07) is -0.811. The molecule has 1 saturated carbocycles. The van der Waals surface area contributed by atoms with Crippen molar-refractivity contribution in [1.82, 2.24) is 0 Å². The minimum Gasteiger partial charge on any atom is -0.461 e. The molecule has 0 unspecified atom stereocenters. The molecule has 1 aliphatic heterocycles. The van der Waals surface area contributed by atoms with Gasteiger partial charge in [-0.1, -0.05) is 13.8 Å². The predicted octanol–water partition coefficient (Wildman–Crippen LogP) is 1.53. The van der Waals surface area contributed by atoms with Gasteiger partial charge in [-0.2, -0.15) is 9.98 Å². The van der Waals surface area contributed by atoms with E-state index in [1.54, 1.807) is 6.92 Å². The third kappa shape index (κ3) is 3.35. The van der Waals surface area contributed by atoms with Crippen LogP contribution < -0.4 is 0 Å². The van der Waals surface area contributed by atoms with Gasteiger partial charge in [0.15, 0.2) is 5.71 Å². The lowest BCUT2D eigenvalue weighted by Crippen LogP contribution is -2.40. The molecule has 0 saturated heterocycles. The fourth-order valence-electron chi connectivity index (χ4n) is 2.71. The van der Waals surface area contributed by atoms with Crippen molar-refractivity contribution in [2.24, 2.45) is 21.3 Å². The molecule has 1 fully saturated rings. The molecular formula is C15H18N2O5. The molecule has 0 aromatic carbocycles. The number of amides is 2. The first-order valence-electron chi connectivity index (χ1n) is 7.16. The Morgan fingerprint density at radius 2 is 1.77 bits per heavy atom. The monoisotopic (exact) mass is 306 g/mol. The number of ketones is 2. The van der Waals surface area contributed by atoms with Gasteiger partial charge in [0.1, 0.15) is 11.6 Å². The highest BCUT2D eigenvalue weighted by Gasteiger charge is 2.41. The van der Waals surface area contributed by atoms with Gasteiger partial charge in [-0.3, -0.25) is 9.59 Å². The van der Waals surface area contributed by atoms with Crippen LogP contribution in [0.15, 0.2) is 9.98 Å². The Morgan fingerprint density at radius 3 is 2.32 bits per heavy atom. The first-order valence-corrected chi connectivity index (χ1v) is 7.16. The molecule has 2 amide bonds. The number of ether oxygens (including phenoxy) is 1. The Labute approximate surface area is 127 Å². The maximum Gasteiger partial charge on any atom is 0.368 e. The normalized spacial score (nSPS) is 21.7. The number of urea groups is 1. The summed E-state index contributed by atoms with van der Waals surface area (Å²) < 4.78 is 4.81. The number of carbonyl (C=O) groups excluding carboxylic acids is 4. The van der Waals surface area contributed by atoms with Crippen molar-refractivity contribution in [2.75, 3.05) is 6.61 Å². The van der Waals surface area contributed by atoms with Gasteiger partial charge in [-0.05, 0) is 12.3 Å². The van der Waals surface area contributed by atoms with Gasteiger partial charge in [-0.25, -0.2) is 9.59 Å². The predicted molar refractivity (Wildman–Crippen MR) is 78.0 cm³/mol. The Bertz CT molecular complexity index is 595. The summed E-state index contributed by atoms with van der Waals surface area (Å²) in [5.41, 5.74) is -0.483. The minimum absolute atomic E-state index is 0.0647. The average Bonchev–Trinajstić information content (AvgIpc) is 2.74. The topological polar surface area (TPSA) is 102 Å². The van der Waals surface area contributed by atoms with Gasteiger partial charge in [-0.15, -0.1) is 0 Å². The summed E-state index contributed by atoms with van der Waals surface area (Å²) in [6.07, 6.45) is 0.504. The third-order valence-corrected chi connectivity index (χ3v) is 3.66. The molecule has 0 spiro atoms. The molecule has 0 radical (unpaired) electrons. The van der Waals surface area contributed by atoms with Gasteiger partial charge in [0.2, 0.25) is 0 Å². The summed E-state index contributed by atoms with van der Waals surface area (Å²) in [5.74, 6) is -2.00. The van der Waals surface area contributed by atoms with Crippen LogP contribution in [0, 0.1) is 11.3 Å². The summed E-state index contributed by atoms with van der Waals surface area (Å²) in [7, 11) is 0. The van der Waals surface area contributed by atoms with Crippen LogP contribution in [0.25, 0.3) is 0 Å². The number of aliphatic imine (C=N–C) groups is 2. The van der Waals surface area contributed by atoms with Crippen molar-refractivity contribution in [2.45, 2.75) is 40.0 Å². The van der Waals surface area contributed by atoms with Crippen molar-refractivity contribution in [3.05, 3.63) is 0 Å². The van der Waals surface area contributed by atoms with Gasteiger partial charge in [0.05, 0.1) is 18.2 Å². The highest BCUT2D eigenvalue weighted by Crippen LogP contribution is 2.35.